The molecule has 2 aromatic rings. The molecule has 82 valence electrons. The molecule has 2 aromatic carbocycles. The van der Waals surface area contributed by atoms with Gasteiger partial charge < -0.3 is 5.73 Å². The van der Waals surface area contributed by atoms with E-state index in [4.69, 9.17) is 5.73 Å². The van der Waals surface area contributed by atoms with Gasteiger partial charge in [-0.05, 0) is 29.3 Å². The summed E-state index contributed by atoms with van der Waals surface area (Å²) >= 11 is 0. The molecule has 1 aliphatic carbocycles. The van der Waals surface area contributed by atoms with Crippen molar-refractivity contribution in [2.45, 2.75) is 0 Å². The molecular formula is C14H9NO2. The Labute approximate surface area is 97.9 Å². The Morgan fingerprint density at radius 1 is 0.882 bits per heavy atom. The van der Waals surface area contributed by atoms with Gasteiger partial charge in [-0.15, -0.1) is 0 Å². The second kappa shape index (κ2) is 3.28. The molecule has 0 unspecified atom stereocenters. The van der Waals surface area contributed by atoms with Crippen molar-refractivity contribution in [3.05, 3.63) is 59.2 Å². The first kappa shape index (κ1) is 9.78. The van der Waals surface area contributed by atoms with Crippen molar-refractivity contribution in [1.29, 1.82) is 0 Å². The standard InChI is InChI=1S/C14H9NO2/c15-14(17)8-5-6-11-12(7-8)9-3-1-2-4-10(9)13(11)16/h1-7H,(H2,15,17). The van der Waals surface area contributed by atoms with Gasteiger partial charge in [0, 0.05) is 16.7 Å². The molecule has 1 amide bonds. The fourth-order valence-electron chi connectivity index (χ4n) is 2.18. The van der Waals surface area contributed by atoms with E-state index >= 15 is 0 Å². The second-order valence-corrected chi connectivity index (χ2v) is 4.00. The van der Waals surface area contributed by atoms with Crippen LogP contribution in [0.5, 0.6) is 0 Å². The number of primary amides is 1. The number of amides is 1. The first-order valence-electron chi connectivity index (χ1n) is 5.26. The third-order valence-corrected chi connectivity index (χ3v) is 3.01. The molecule has 3 rings (SSSR count). The minimum Gasteiger partial charge on any atom is -0.366 e. The zero-order valence-corrected chi connectivity index (χ0v) is 8.94. The average Bonchev–Trinajstić information content (AvgIpc) is 2.64. The van der Waals surface area contributed by atoms with Crippen LogP contribution in [-0.2, 0) is 0 Å². The number of hydrogen-bond donors (Lipinski definition) is 1. The van der Waals surface area contributed by atoms with Crippen molar-refractivity contribution in [1.82, 2.24) is 0 Å². The normalized spacial score (nSPS) is 12.1. The SMILES string of the molecule is NC(=O)c1ccc2c(c1)-c1ccccc1C2=O. The van der Waals surface area contributed by atoms with E-state index in [1.807, 2.05) is 18.2 Å². The van der Waals surface area contributed by atoms with Gasteiger partial charge in [0.25, 0.3) is 0 Å². The minimum absolute atomic E-state index is 0.00613. The Balaban J connectivity index is 2.31. The third-order valence-electron chi connectivity index (χ3n) is 3.01. The summed E-state index contributed by atoms with van der Waals surface area (Å²) in [6.45, 7) is 0. The van der Waals surface area contributed by atoms with Gasteiger partial charge in [0.15, 0.2) is 5.78 Å². The highest BCUT2D eigenvalue weighted by molar-refractivity contribution is 6.22. The Kier molecular flexibility index (Phi) is 1.89. The summed E-state index contributed by atoms with van der Waals surface area (Å²) in [5.74, 6) is -0.476. The number of benzene rings is 2. The number of carbonyl (C=O) groups is 2. The summed E-state index contributed by atoms with van der Waals surface area (Å²) < 4.78 is 0. The van der Waals surface area contributed by atoms with Crippen LogP contribution in [0.2, 0.25) is 0 Å². The maximum Gasteiger partial charge on any atom is 0.248 e. The molecule has 3 nitrogen and oxygen atoms in total. The second-order valence-electron chi connectivity index (χ2n) is 4.00. The molecule has 0 atom stereocenters. The number of hydrogen-bond acceptors (Lipinski definition) is 2. The molecule has 3 heteroatoms. The van der Waals surface area contributed by atoms with E-state index in [1.165, 1.54) is 0 Å². The number of nitrogens with two attached hydrogens (primary N) is 1. The van der Waals surface area contributed by atoms with Gasteiger partial charge in [-0.25, -0.2) is 0 Å². The van der Waals surface area contributed by atoms with Crippen LogP contribution in [0.1, 0.15) is 26.3 Å². The Bertz CT molecular complexity index is 659. The predicted octanol–water partition coefficient (Wildman–Crippen LogP) is 2.00. The van der Waals surface area contributed by atoms with Crippen LogP contribution >= 0.6 is 0 Å². The van der Waals surface area contributed by atoms with Gasteiger partial charge in [0.05, 0.1) is 0 Å². The lowest BCUT2D eigenvalue weighted by molar-refractivity contribution is 0.0997. The molecular weight excluding hydrogens is 214 g/mol. The summed E-state index contributed by atoms with van der Waals surface area (Å²) in [5.41, 5.74) is 8.65. The molecule has 0 heterocycles. The lowest BCUT2D eigenvalue weighted by atomic mass is 10.0. The average molecular weight is 223 g/mol. The maximum atomic E-state index is 12.1. The summed E-state index contributed by atoms with van der Waals surface area (Å²) in [5, 5.41) is 0. The zero-order chi connectivity index (χ0) is 12.0. The highest BCUT2D eigenvalue weighted by Crippen LogP contribution is 2.36. The van der Waals surface area contributed by atoms with Crippen molar-refractivity contribution in [2.24, 2.45) is 5.73 Å². The molecule has 0 bridgehead atoms. The molecule has 0 spiro atoms. The van der Waals surface area contributed by atoms with Crippen LogP contribution in [0.15, 0.2) is 42.5 Å². The molecule has 17 heavy (non-hydrogen) atoms. The van der Waals surface area contributed by atoms with Crippen LogP contribution < -0.4 is 5.73 Å². The van der Waals surface area contributed by atoms with E-state index in [1.54, 1.807) is 24.3 Å². The molecule has 0 fully saturated rings. The van der Waals surface area contributed by atoms with Crippen LogP contribution in [0.3, 0.4) is 0 Å². The Morgan fingerprint density at radius 3 is 2.24 bits per heavy atom. The van der Waals surface area contributed by atoms with Crippen molar-refractivity contribution in [3.63, 3.8) is 0 Å². The summed E-state index contributed by atoms with van der Waals surface area (Å²) in [6.07, 6.45) is 0. The molecule has 0 saturated carbocycles. The Hall–Kier alpha value is -2.42. The van der Waals surface area contributed by atoms with Crippen molar-refractivity contribution in [2.75, 3.05) is 0 Å². The van der Waals surface area contributed by atoms with Crippen molar-refractivity contribution in [3.8, 4) is 11.1 Å². The maximum absolute atomic E-state index is 12.1. The smallest absolute Gasteiger partial charge is 0.248 e. The number of carbonyl (C=O) groups excluding carboxylic acids is 2. The predicted molar refractivity (Wildman–Crippen MR) is 63.8 cm³/mol. The van der Waals surface area contributed by atoms with Crippen LogP contribution in [-0.4, -0.2) is 11.7 Å². The fraction of sp³-hybridized carbons (Fsp3) is 0. The monoisotopic (exact) mass is 223 g/mol. The number of ketones is 1. The van der Waals surface area contributed by atoms with E-state index in [9.17, 15) is 9.59 Å². The summed E-state index contributed by atoms with van der Waals surface area (Å²) in [4.78, 5) is 23.2. The topological polar surface area (TPSA) is 60.2 Å². The van der Waals surface area contributed by atoms with Gasteiger partial charge in [0.1, 0.15) is 0 Å². The minimum atomic E-state index is -0.482. The lowest BCUT2D eigenvalue weighted by Gasteiger charge is -2.01. The van der Waals surface area contributed by atoms with E-state index in [0.29, 0.717) is 16.7 Å². The molecule has 1 aliphatic rings. The van der Waals surface area contributed by atoms with Gasteiger partial charge >= 0.3 is 0 Å². The van der Waals surface area contributed by atoms with Gasteiger partial charge in [-0.1, -0.05) is 24.3 Å². The summed E-state index contributed by atoms with van der Waals surface area (Å²) in [7, 11) is 0. The highest BCUT2D eigenvalue weighted by Gasteiger charge is 2.26. The molecule has 0 saturated heterocycles. The third kappa shape index (κ3) is 1.29. The quantitative estimate of drug-likeness (QED) is 0.685. The van der Waals surface area contributed by atoms with E-state index in [2.05, 4.69) is 0 Å². The number of rotatable bonds is 1. The van der Waals surface area contributed by atoms with E-state index in [0.717, 1.165) is 11.1 Å². The molecule has 0 aliphatic heterocycles. The largest absolute Gasteiger partial charge is 0.366 e. The lowest BCUT2D eigenvalue weighted by Crippen LogP contribution is -2.11. The molecule has 0 aromatic heterocycles. The van der Waals surface area contributed by atoms with Gasteiger partial charge in [0.2, 0.25) is 5.91 Å². The van der Waals surface area contributed by atoms with Crippen LogP contribution in [0.4, 0.5) is 0 Å². The van der Waals surface area contributed by atoms with E-state index < -0.39 is 5.91 Å². The van der Waals surface area contributed by atoms with Gasteiger partial charge in [-0.3, -0.25) is 9.59 Å². The first-order chi connectivity index (χ1) is 8.18. The van der Waals surface area contributed by atoms with Crippen molar-refractivity contribution >= 4 is 11.7 Å². The zero-order valence-electron chi connectivity index (χ0n) is 8.94. The summed E-state index contributed by atoms with van der Waals surface area (Å²) in [6, 6.07) is 12.3. The van der Waals surface area contributed by atoms with E-state index in [-0.39, 0.29) is 5.78 Å². The number of fused-ring (bicyclic) bond motifs is 3. The van der Waals surface area contributed by atoms with Crippen LogP contribution in [0.25, 0.3) is 11.1 Å². The first-order valence-corrected chi connectivity index (χ1v) is 5.26. The fourth-order valence-corrected chi connectivity index (χ4v) is 2.18. The molecule has 0 radical (unpaired) electrons. The highest BCUT2D eigenvalue weighted by atomic mass is 16.1. The van der Waals surface area contributed by atoms with Crippen molar-refractivity contribution < 1.29 is 9.59 Å². The Morgan fingerprint density at radius 2 is 1.53 bits per heavy atom. The van der Waals surface area contributed by atoms with Crippen LogP contribution in [0, 0.1) is 0 Å². The van der Waals surface area contributed by atoms with Gasteiger partial charge in [-0.2, -0.15) is 0 Å². The molecule has 2 N–H and O–H groups in total.